The number of nitrogen functional groups attached to an aromatic ring is 1. The minimum atomic E-state index is -0.428. The molecule has 2 N–H and O–H groups in total. The van der Waals surface area contributed by atoms with Gasteiger partial charge in [-0.3, -0.25) is 4.98 Å². The van der Waals surface area contributed by atoms with Crippen molar-refractivity contribution >= 4 is 28.2 Å². The van der Waals surface area contributed by atoms with E-state index in [0.29, 0.717) is 21.6 Å². The van der Waals surface area contributed by atoms with Crippen molar-refractivity contribution in [3.05, 3.63) is 35.2 Å². The lowest BCUT2D eigenvalue weighted by molar-refractivity contribution is 0.637. The molecule has 1 aromatic heterocycles. The van der Waals surface area contributed by atoms with E-state index >= 15 is 0 Å². The van der Waals surface area contributed by atoms with E-state index in [0.717, 1.165) is 0 Å². The second-order valence-corrected chi connectivity index (χ2v) is 3.16. The summed E-state index contributed by atoms with van der Waals surface area (Å²) in [5.41, 5.74) is 6.28. The summed E-state index contributed by atoms with van der Waals surface area (Å²) in [4.78, 5) is 3.86. The lowest BCUT2D eigenvalue weighted by Crippen LogP contribution is -1.89. The highest BCUT2D eigenvalue weighted by molar-refractivity contribution is 6.31. The molecule has 2 aromatic rings. The van der Waals surface area contributed by atoms with Gasteiger partial charge in [0.05, 0.1) is 11.9 Å². The average Bonchev–Trinajstić information content (AvgIpc) is 2.02. The van der Waals surface area contributed by atoms with Crippen LogP contribution in [0, 0.1) is 5.82 Å². The molecule has 13 heavy (non-hydrogen) atoms. The zero-order chi connectivity index (χ0) is 9.42. The van der Waals surface area contributed by atoms with Crippen molar-refractivity contribution in [3.63, 3.8) is 0 Å². The first-order chi connectivity index (χ1) is 6.16. The summed E-state index contributed by atoms with van der Waals surface area (Å²) in [5, 5.41) is 0.961. The van der Waals surface area contributed by atoms with Crippen LogP contribution in [0.1, 0.15) is 0 Å². The summed E-state index contributed by atoms with van der Waals surface area (Å²) in [6, 6.07) is 4.49. The molecule has 66 valence electrons. The number of pyridine rings is 1. The Morgan fingerprint density at radius 2 is 2.08 bits per heavy atom. The molecule has 0 atom stereocenters. The molecular weight excluding hydrogens is 191 g/mol. The maximum Gasteiger partial charge on any atom is 0.150 e. The predicted octanol–water partition coefficient (Wildman–Crippen LogP) is 2.61. The second-order valence-electron chi connectivity index (χ2n) is 2.73. The molecule has 2 rings (SSSR count). The Hall–Kier alpha value is -1.35. The Kier molecular flexibility index (Phi) is 1.81. The summed E-state index contributed by atoms with van der Waals surface area (Å²) >= 11 is 5.67. The van der Waals surface area contributed by atoms with E-state index < -0.39 is 5.82 Å². The number of aromatic nitrogens is 1. The molecule has 0 radical (unpaired) electrons. The van der Waals surface area contributed by atoms with Gasteiger partial charge in [-0.2, -0.15) is 0 Å². The molecule has 0 spiro atoms. The van der Waals surface area contributed by atoms with Crippen LogP contribution in [0.5, 0.6) is 0 Å². The van der Waals surface area contributed by atoms with Crippen molar-refractivity contribution < 1.29 is 4.39 Å². The van der Waals surface area contributed by atoms with Crippen molar-refractivity contribution in [3.8, 4) is 0 Å². The predicted molar refractivity (Wildman–Crippen MR) is 51.1 cm³/mol. The first-order valence-electron chi connectivity index (χ1n) is 3.67. The Labute approximate surface area is 79.1 Å². The van der Waals surface area contributed by atoms with Crippen LogP contribution >= 0.6 is 11.6 Å². The molecule has 0 aliphatic rings. The van der Waals surface area contributed by atoms with E-state index in [1.165, 1.54) is 12.3 Å². The number of hydrogen-bond acceptors (Lipinski definition) is 2. The van der Waals surface area contributed by atoms with E-state index in [1.54, 1.807) is 12.1 Å². The summed E-state index contributed by atoms with van der Waals surface area (Å²) in [6.07, 6.45) is 1.42. The topological polar surface area (TPSA) is 38.9 Å². The van der Waals surface area contributed by atoms with Gasteiger partial charge in [0.15, 0.2) is 5.82 Å². The summed E-state index contributed by atoms with van der Waals surface area (Å²) in [5.74, 6) is -0.428. The minimum Gasteiger partial charge on any atom is -0.397 e. The van der Waals surface area contributed by atoms with Crippen molar-refractivity contribution in [1.82, 2.24) is 4.98 Å². The number of nitrogens with zero attached hydrogens (tertiary/aromatic N) is 1. The number of rotatable bonds is 0. The van der Waals surface area contributed by atoms with E-state index in [-0.39, 0.29) is 0 Å². The summed E-state index contributed by atoms with van der Waals surface area (Å²) in [7, 11) is 0. The Balaban J connectivity index is 2.86. The lowest BCUT2D eigenvalue weighted by atomic mass is 10.2. The minimum absolute atomic E-state index is 0.290. The fourth-order valence-corrected chi connectivity index (χ4v) is 1.40. The Morgan fingerprint density at radius 1 is 1.31 bits per heavy atom. The fourth-order valence-electron chi connectivity index (χ4n) is 1.19. The van der Waals surface area contributed by atoms with Gasteiger partial charge in [0, 0.05) is 10.4 Å². The smallest absolute Gasteiger partial charge is 0.150 e. The zero-order valence-electron chi connectivity index (χ0n) is 6.59. The SMILES string of the molecule is Nc1cnc2c(F)cc(Cl)cc2c1. The molecule has 0 fully saturated rings. The number of benzene rings is 1. The highest BCUT2D eigenvalue weighted by Gasteiger charge is 2.03. The number of fused-ring (bicyclic) bond motifs is 1. The molecule has 0 unspecified atom stereocenters. The van der Waals surface area contributed by atoms with E-state index in [2.05, 4.69) is 4.98 Å². The van der Waals surface area contributed by atoms with Crippen LogP contribution in [0.3, 0.4) is 0 Å². The van der Waals surface area contributed by atoms with Gasteiger partial charge in [0.2, 0.25) is 0 Å². The molecular formula is C9H6ClFN2. The van der Waals surface area contributed by atoms with Gasteiger partial charge in [-0.1, -0.05) is 11.6 Å². The number of nitrogens with two attached hydrogens (primary N) is 1. The molecule has 0 saturated carbocycles. The third-order valence-electron chi connectivity index (χ3n) is 1.72. The van der Waals surface area contributed by atoms with Gasteiger partial charge >= 0.3 is 0 Å². The second kappa shape index (κ2) is 2.85. The molecule has 0 saturated heterocycles. The van der Waals surface area contributed by atoms with E-state index in [4.69, 9.17) is 17.3 Å². The quantitative estimate of drug-likeness (QED) is 0.704. The maximum atomic E-state index is 13.2. The first-order valence-corrected chi connectivity index (χ1v) is 4.05. The zero-order valence-corrected chi connectivity index (χ0v) is 7.35. The Bertz CT molecular complexity index is 465. The van der Waals surface area contributed by atoms with Gasteiger partial charge in [0.25, 0.3) is 0 Å². The van der Waals surface area contributed by atoms with Crippen molar-refractivity contribution in [2.45, 2.75) is 0 Å². The van der Waals surface area contributed by atoms with Gasteiger partial charge in [-0.05, 0) is 18.2 Å². The van der Waals surface area contributed by atoms with Crippen LogP contribution in [-0.2, 0) is 0 Å². The Morgan fingerprint density at radius 3 is 2.85 bits per heavy atom. The maximum absolute atomic E-state index is 13.2. The summed E-state index contributed by atoms with van der Waals surface area (Å²) in [6.45, 7) is 0. The molecule has 4 heteroatoms. The fraction of sp³-hybridized carbons (Fsp3) is 0. The highest BCUT2D eigenvalue weighted by Crippen LogP contribution is 2.22. The van der Waals surface area contributed by atoms with Gasteiger partial charge in [0.1, 0.15) is 5.52 Å². The highest BCUT2D eigenvalue weighted by atomic mass is 35.5. The molecule has 2 nitrogen and oxygen atoms in total. The molecule has 0 amide bonds. The lowest BCUT2D eigenvalue weighted by Gasteiger charge is -2.00. The average molecular weight is 197 g/mol. The number of hydrogen-bond donors (Lipinski definition) is 1. The van der Waals surface area contributed by atoms with Crippen LogP contribution < -0.4 is 5.73 Å². The van der Waals surface area contributed by atoms with Crippen molar-refractivity contribution in [1.29, 1.82) is 0 Å². The number of anilines is 1. The molecule has 0 aliphatic heterocycles. The molecule has 0 aliphatic carbocycles. The number of halogens is 2. The summed E-state index contributed by atoms with van der Waals surface area (Å²) < 4.78 is 13.2. The van der Waals surface area contributed by atoms with Crippen molar-refractivity contribution in [2.75, 3.05) is 5.73 Å². The van der Waals surface area contributed by atoms with Crippen LogP contribution in [-0.4, -0.2) is 4.98 Å². The normalized spacial score (nSPS) is 10.6. The van der Waals surface area contributed by atoms with E-state index in [1.807, 2.05) is 0 Å². The van der Waals surface area contributed by atoms with Crippen LogP contribution in [0.2, 0.25) is 5.02 Å². The van der Waals surface area contributed by atoms with Crippen molar-refractivity contribution in [2.24, 2.45) is 0 Å². The van der Waals surface area contributed by atoms with Gasteiger partial charge in [-0.25, -0.2) is 4.39 Å². The van der Waals surface area contributed by atoms with Gasteiger partial charge in [-0.15, -0.1) is 0 Å². The van der Waals surface area contributed by atoms with E-state index in [9.17, 15) is 4.39 Å². The first kappa shape index (κ1) is 8.26. The van der Waals surface area contributed by atoms with Gasteiger partial charge < -0.3 is 5.73 Å². The van der Waals surface area contributed by atoms with Crippen LogP contribution in [0.25, 0.3) is 10.9 Å². The monoisotopic (exact) mass is 196 g/mol. The molecule has 1 aromatic carbocycles. The third kappa shape index (κ3) is 1.42. The molecule has 0 bridgehead atoms. The van der Waals surface area contributed by atoms with Crippen LogP contribution in [0.15, 0.2) is 24.4 Å². The van der Waals surface area contributed by atoms with Crippen LogP contribution in [0.4, 0.5) is 10.1 Å². The molecule has 1 heterocycles. The third-order valence-corrected chi connectivity index (χ3v) is 1.94. The largest absolute Gasteiger partial charge is 0.397 e. The standard InChI is InChI=1S/C9H6ClFN2/c10-6-1-5-2-7(12)4-13-9(5)8(11)3-6/h1-4H,12H2.